The van der Waals surface area contributed by atoms with Gasteiger partial charge in [0.15, 0.2) is 0 Å². The highest BCUT2D eigenvalue weighted by Gasteiger charge is 2.24. The lowest BCUT2D eigenvalue weighted by Gasteiger charge is -2.19. The molecule has 0 spiro atoms. The van der Waals surface area contributed by atoms with Crippen LogP contribution in [0, 0.1) is 0 Å². The number of anilines is 1. The predicted molar refractivity (Wildman–Crippen MR) is 66.7 cm³/mol. The van der Waals surface area contributed by atoms with Crippen LogP contribution in [-0.4, -0.2) is 20.2 Å². The highest BCUT2D eigenvalue weighted by molar-refractivity contribution is 7.89. The van der Waals surface area contributed by atoms with Crippen molar-refractivity contribution in [3.8, 4) is 0 Å². The van der Waals surface area contributed by atoms with E-state index in [1.54, 1.807) is 0 Å². The van der Waals surface area contributed by atoms with Gasteiger partial charge < -0.3 is 0 Å². The summed E-state index contributed by atoms with van der Waals surface area (Å²) in [5, 5.41) is 5.16. The minimum absolute atomic E-state index is 0.109. The fourth-order valence-electron chi connectivity index (χ4n) is 1.46. The number of benzene rings is 1. The largest absolute Gasteiger partial charge is 0.274 e. The Morgan fingerprint density at radius 2 is 1.72 bits per heavy atom. The topological polar surface area (TPSA) is 97.5 Å². The molecule has 0 aliphatic carbocycles. The van der Waals surface area contributed by atoms with E-state index in [9.17, 15) is 18.0 Å². The number of amides is 2. The van der Waals surface area contributed by atoms with Gasteiger partial charge in [0.1, 0.15) is 4.90 Å². The van der Waals surface area contributed by atoms with Crippen molar-refractivity contribution in [3.05, 3.63) is 23.2 Å². The van der Waals surface area contributed by atoms with E-state index in [1.165, 1.54) is 12.1 Å². The van der Waals surface area contributed by atoms with Crippen LogP contribution >= 0.6 is 11.6 Å². The maximum Gasteiger partial charge on any atom is 0.240 e. The molecule has 1 aromatic rings. The number of primary sulfonamides is 1. The second-order valence-electron chi connectivity index (χ2n) is 3.53. The number of imide groups is 1. The van der Waals surface area contributed by atoms with Gasteiger partial charge in [-0.25, -0.2) is 18.5 Å². The summed E-state index contributed by atoms with van der Waals surface area (Å²) in [7, 11) is -4.10. The molecule has 8 heteroatoms. The smallest absolute Gasteiger partial charge is 0.240 e. The summed E-state index contributed by atoms with van der Waals surface area (Å²) < 4.78 is 22.9. The molecule has 1 rings (SSSR count). The average Bonchev–Trinajstić information content (AvgIpc) is 2.17. The van der Waals surface area contributed by atoms with E-state index in [2.05, 4.69) is 0 Å². The lowest BCUT2D eigenvalue weighted by molar-refractivity contribution is -0.124. The summed E-state index contributed by atoms with van der Waals surface area (Å²) in [6.07, 6.45) is 0. The molecule has 0 atom stereocenters. The third kappa shape index (κ3) is 3.06. The van der Waals surface area contributed by atoms with Gasteiger partial charge in [-0.2, -0.15) is 0 Å². The first-order chi connectivity index (χ1) is 8.14. The zero-order chi connectivity index (χ0) is 14.1. The predicted octanol–water partition coefficient (Wildman–Crippen LogP) is 0.887. The van der Waals surface area contributed by atoms with Crippen molar-refractivity contribution in [2.45, 2.75) is 18.7 Å². The molecule has 0 aliphatic heterocycles. The van der Waals surface area contributed by atoms with Crippen LogP contribution in [0.1, 0.15) is 13.8 Å². The number of carbonyl (C=O) groups excluding carboxylic acids is 2. The molecular formula is C10H11ClN2O4S. The molecule has 2 N–H and O–H groups in total. The Morgan fingerprint density at radius 3 is 2.11 bits per heavy atom. The van der Waals surface area contributed by atoms with Crippen LogP contribution in [-0.2, 0) is 19.6 Å². The van der Waals surface area contributed by atoms with Crippen LogP contribution in [0.5, 0.6) is 0 Å². The Kier molecular flexibility index (Phi) is 4.10. The first kappa shape index (κ1) is 14.6. The van der Waals surface area contributed by atoms with Gasteiger partial charge in [-0.3, -0.25) is 9.59 Å². The van der Waals surface area contributed by atoms with Crippen molar-refractivity contribution < 1.29 is 18.0 Å². The second-order valence-corrected chi connectivity index (χ2v) is 5.50. The number of hydrogen-bond donors (Lipinski definition) is 1. The molecule has 2 amide bonds. The van der Waals surface area contributed by atoms with Gasteiger partial charge in [0, 0.05) is 18.9 Å². The summed E-state index contributed by atoms with van der Waals surface area (Å²) >= 11 is 5.68. The maximum absolute atomic E-state index is 11.4. The van der Waals surface area contributed by atoms with Crippen LogP contribution in [0.4, 0.5) is 5.69 Å². The lowest BCUT2D eigenvalue weighted by Crippen LogP contribution is -2.34. The van der Waals surface area contributed by atoms with Gasteiger partial charge in [-0.15, -0.1) is 0 Å². The number of halogens is 1. The van der Waals surface area contributed by atoms with Crippen molar-refractivity contribution in [1.82, 2.24) is 0 Å². The van der Waals surface area contributed by atoms with E-state index >= 15 is 0 Å². The molecule has 0 saturated heterocycles. The number of nitrogens with zero attached hydrogens (tertiary/aromatic N) is 1. The molecule has 1 aromatic carbocycles. The molecule has 0 bridgehead atoms. The Morgan fingerprint density at radius 1 is 1.22 bits per heavy atom. The van der Waals surface area contributed by atoms with Crippen molar-refractivity contribution in [2.24, 2.45) is 5.14 Å². The summed E-state index contributed by atoms with van der Waals surface area (Å²) in [5.74, 6) is -1.23. The van der Waals surface area contributed by atoms with Crippen LogP contribution < -0.4 is 10.0 Å². The van der Waals surface area contributed by atoms with E-state index in [0.29, 0.717) is 0 Å². The Hall–Kier alpha value is -1.44. The average molecular weight is 291 g/mol. The third-order valence-electron chi connectivity index (χ3n) is 2.10. The SMILES string of the molecule is CC(=O)N(C(C)=O)c1ccc(Cl)cc1S(N)(=O)=O. The molecule has 6 nitrogen and oxygen atoms in total. The van der Waals surface area contributed by atoms with E-state index < -0.39 is 21.8 Å². The van der Waals surface area contributed by atoms with Gasteiger partial charge >= 0.3 is 0 Å². The molecule has 0 heterocycles. The van der Waals surface area contributed by atoms with Crippen LogP contribution in [0.3, 0.4) is 0 Å². The molecule has 0 aromatic heterocycles. The zero-order valence-corrected chi connectivity index (χ0v) is 11.2. The minimum atomic E-state index is -4.10. The summed E-state index contributed by atoms with van der Waals surface area (Å²) in [6, 6.07) is 3.71. The van der Waals surface area contributed by atoms with Gasteiger partial charge in [-0.05, 0) is 18.2 Å². The fraction of sp³-hybridized carbons (Fsp3) is 0.200. The van der Waals surface area contributed by atoms with E-state index in [0.717, 1.165) is 24.8 Å². The molecule has 98 valence electrons. The summed E-state index contributed by atoms with van der Waals surface area (Å²) in [5.41, 5.74) is -0.109. The Bertz CT molecular complexity index is 598. The number of carbonyl (C=O) groups is 2. The number of rotatable bonds is 2. The normalized spacial score (nSPS) is 11.1. The van der Waals surface area contributed by atoms with Crippen LogP contribution in [0.25, 0.3) is 0 Å². The van der Waals surface area contributed by atoms with Crippen LogP contribution in [0.2, 0.25) is 5.02 Å². The van der Waals surface area contributed by atoms with Crippen molar-refractivity contribution >= 4 is 39.1 Å². The first-order valence-electron chi connectivity index (χ1n) is 4.78. The molecule has 0 radical (unpaired) electrons. The molecule has 18 heavy (non-hydrogen) atoms. The molecule has 0 unspecified atom stereocenters. The number of sulfonamides is 1. The monoisotopic (exact) mass is 290 g/mol. The van der Waals surface area contributed by atoms with Gasteiger partial charge in [0.25, 0.3) is 0 Å². The second kappa shape index (κ2) is 5.05. The molecular weight excluding hydrogens is 280 g/mol. The van der Waals surface area contributed by atoms with Crippen molar-refractivity contribution in [1.29, 1.82) is 0 Å². The highest BCUT2D eigenvalue weighted by atomic mass is 35.5. The maximum atomic E-state index is 11.4. The third-order valence-corrected chi connectivity index (χ3v) is 3.27. The van der Waals surface area contributed by atoms with Crippen LogP contribution in [0.15, 0.2) is 23.1 Å². The van der Waals surface area contributed by atoms with E-state index in [-0.39, 0.29) is 15.6 Å². The fourth-order valence-corrected chi connectivity index (χ4v) is 2.44. The van der Waals surface area contributed by atoms with Gasteiger partial charge in [0.05, 0.1) is 5.69 Å². The van der Waals surface area contributed by atoms with Gasteiger partial charge in [-0.1, -0.05) is 11.6 Å². The van der Waals surface area contributed by atoms with Crippen molar-refractivity contribution in [3.63, 3.8) is 0 Å². The zero-order valence-electron chi connectivity index (χ0n) is 9.68. The first-order valence-corrected chi connectivity index (χ1v) is 6.70. The van der Waals surface area contributed by atoms with Gasteiger partial charge in [0.2, 0.25) is 21.8 Å². The quantitative estimate of drug-likeness (QED) is 0.874. The standard InChI is InChI=1S/C10H11ClN2O4S/c1-6(14)13(7(2)15)9-4-3-8(11)5-10(9)18(12,16)17/h3-5H,1-2H3,(H2,12,16,17). The number of hydrogen-bond acceptors (Lipinski definition) is 4. The minimum Gasteiger partial charge on any atom is -0.274 e. The van der Waals surface area contributed by atoms with Crippen molar-refractivity contribution in [2.75, 3.05) is 4.90 Å². The molecule has 0 saturated carbocycles. The van der Waals surface area contributed by atoms with E-state index in [4.69, 9.17) is 16.7 Å². The Balaban J connectivity index is 3.59. The lowest BCUT2D eigenvalue weighted by atomic mass is 10.2. The summed E-state index contributed by atoms with van der Waals surface area (Å²) in [6.45, 7) is 2.28. The summed E-state index contributed by atoms with van der Waals surface area (Å²) in [4.78, 5) is 23.1. The Labute approximate surface area is 109 Å². The highest BCUT2D eigenvalue weighted by Crippen LogP contribution is 2.27. The molecule has 0 fully saturated rings. The van der Waals surface area contributed by atoms with E-state index in [1.807, 2.05) is 0 Å². The molecule has 0 aliphatic rings. The number of nitrogens with two attached hydrogens (primary N) is 1.